The number of nitrogens with zero attached hydrogens (tertiary/aromatic N) is 2. The van der Waals surface area contributed by atoms with E-state index >= 15 is 0 Å². The van der Waals surface area contributed by atoms with E-state index in [1.807, 2.05) is 43.4 Å². The minimum atomic E-state index is -0.740. The molecule has 2 aromatic carbocycles. The quantitative estimate of drug-likeness (QED) is 0.781. The van der Waals surface area contributed by atoms with Crippen molar-refractivity contribution in [3.05, 3.63) is 59.7 Å². The molecule has 7 heteroatoms. The molecule has 0 aliphatic carbocycles. The Bertz CT molecular complexity index is 967. The Morgan fingerprint density at radius 2 is 1.97 bits per heavy atom. The largest absolute Gasteiger partial charge is 0.454 e. The van der Waals surface area contributed by atoms with Crippen LogP contribution in [-0.4, -0.2) is 59.8 Å². The third-order valence-corrected chi connectivity index (χ3v) is 6.40. The van der Waals surface area contributed by atoms with Gasteiger partial charge >= 0.3 is 0 Å². The summed E-state index contributed by atoms with van der Waals surface area (Å²) in [6, 6.07) is 16.1. The molecule has 2 aromatic rings. The molecule has 3 aliphatic rings. The zero-order chi connectivity index (χ0) is 20.0. The number of likely N-dealkylation sites (tertiary alicyclic amines) is 1. The van der Waals surface area contributed by atoms with Crippen molar-refractivity contribution in [1.82, 2.24) is 15.1 Å². The molecule has 1 spiro atoms. The van der Waals surface area contributed by atoms with Crippen LogP contribution in [0.25, 0.3) is 0 Å². The van der Waals surface area contributed by atoms with Crippen molar-refractivity contribution in [2.24, 2.45) is 0 Å². The van der Waals surface area contributed by atoms with Gasteiger partial charge in [0.15, 0.2) is 16.6 Å². The van der Waals surface area contributed by atoms with E-state index in [1.165, 1.54) is 5.56 Å². The molecule has 6 nitrogen and oxygen atoms in total. The minimum absolute atomic E-state index is 0.0193. The summed E-state index contributed by atoms with van der Waals surface area (Å²) < 4.78 is 11.0. The summed E-state index contributed by atoms with van der Waals surface area (Å²) >= 11 is 5.59. The number of carbonyl (C=O) groups excluding carboxylic acids is 1. The number of hydrogen-bond acceptors (Lipinski definition) is 5. The molecule has 5 rings (SSSR count). The average molecular weight is 410 g/mol. The van der Waals surface area contributed by atoms with Crippen molar-refractivity contribution < 1.29 is 14.3 Å². The lowest BCUT2D eigenvalue weighted by molar-refractivity contribution is -0.131. The summed E-state index contributed by atoms with van der Waals surface area (Å²) in [7, 11) is 2.04. The number of thiocarbonyl (C=S) groups is 1. The fourth-order valence-electron chi connectivity index (χ4n) is 4.66. The highest BCUT2D eigenvalue weighted by Crippen LogP contribution is 2.43. The molecule has 2 fully saturated rings. The van der Waals surface area contributed by atoms with Crippen molar-refractivity contribution in [3.8, 4) is 11.5 Å². The summed E-state index contributed by atoms with van der Waals surface area (Å²) in [5.74, 6) is 1.53. The molecule has 0 unspecified atom stereocenters. The van der Waals surface area contributed by atoms with Crippen molar-refractivity contribution in [1.29, 1.82) is 0 Å². The molecular formula is C22H23N3O3S. The molecule has 150 valence electrons. The van der Waals surface area contributed by atoms with Gasteiger partial charge in [0.25, 0.3) is 5.91 Å². The van der Waals surface area contributed by atoms with Crippen molar-refractivity contribution in [2.45, 2.75) is 17.9 Å². The number of rotatable bonds is 4. The molecule has 0 bridgehead atoms. The van der Waals surface area contributed by atoms with Gasteiger partial charge < -0.3 is 19.7 Å². The first-order valence-corrected chi connectivity index (χ1v) is 10.2. The molecule has 2 atom stereocenters. The molecule has 0 aromatic heterocycles. The second-order valence-electron chi connectivity index (χ2n) is 7.96. The Kier molecular flexibility index (Phi) is 4.44. The summed E-state index contributed by atoms with van der Waals surface area (Å²) in [6.45, 7) is 2.21. The van der Waals surface area contributed by atoms with E-state index in [9.17, 15) is 4.79 Å². The normalized spacial score (nSPS) is 25.8. The predicted molar refractivity (Wildman–Crippen MR) is 113 cm³/mol. The van der Waals surface area contributed by atoms with Gasteiger partial charge in [0.1, 0.15) is 5.54 Å². The van der Waals surface area contributed by atoms with Crippen LogP contribution >= 0.6 is 12.2 Å². The maximum atomic E-state index is 13.6. The molecule has 0 saturated carbocycles. The van der Waals surface area contributed by atoms with Gasteiger partial charge in [-0.15, -0.1) is 0 Å². The van der Waals surface area contributed by atoms with E-state index in [2.05, 4.69) is 22.3 Å². The Morgan fingerprint density at radius 1 is 1.17 bits per heavy atom. The number of fused-ring (bicyclic) bond motifs is 1. The molecule has 2 saturated heterocycles. The summed E-state index contributed by atoms with van der Waals surface area (Å²) in [6.07, 6.45) is 0.773. The van der Waals surface area contributed by atoms with Crippen molar-refractivity contribution >= 4 is 23.2 Å². The molecular weight excluding hydrogens is 386 g/mol. The van der Waals surface area contributed by atoms with E-state index in [-0.39, 0.29) is 18.6 Å². The van der Waals surface area contributed by atoms with Gasteiger partial charge in [-0.1, -0.05) is 36.4 Å². The van der Waals surface area contributed by atoms with E-state index in [4.69, 9.17) is 21.7 Å². The van der Waals surface area contributed by atoms with E-state index in [0.717, 1.165) is 30.0 Å². The zero-order valence-corrected chi connectivity index (χ0v) is 17.1. The fourth-order valence-corrected chi connectivity index (χ4v) is 5.02. The van der Waals surface area contributed by atoms with Gasteiger partial charge in [-0.05, 0) is 48.9 Å². The molecule has 1 N–H and O–H groups in total. The van der Waals surface area contributed by atoms with Gasteiger partial charge in [0, 0.05) is 25.6 Å². The number of carbonyl (C=O) groups is 1. The van der Waals surface area contributed by atoms with Gasteiger partial charge in [0.2, 0.25) is 6.79 Å². The third kappa shape index (κ3) is 3.05. The molecule has 3 heterocycles. The minimum Gasteiger partial charge on any atom is -0.454 e. The van der Waals surface area contributed by atoms with Gasteiger partial charge in [-0.2, -0.15) is 0 Å². The Balaban J connectivity index is 1.42. The molecule has 3 aliphatic heterocycles. The molecule has 0 radical (unpaired) electrons. The highest BCUT2D eigenvalue weighted by Gasteiger charge is 2.58. The number of benzene rings is 2. The van der Waals surface area contributed by atoms with Crippen LogP contribution in [0.4, 0.5) is 0 Å². The summed E-state index contributed by atoms with van der Waals surface area (Å²) in [5, 5.41) is 3.93. The summed E-state index contributed by atoms with van der Waals surface area (Å²) in [5.41, 5.74) is 1.52. The monoisotopic (exact) mass is 409 g/mol. The highest BCUT2D eigenvalue weighted by molar-refractivity contribution is 7.80. The average Bonchev–Trinajstić information content (AvgIpc) is 3.38. The molecule has 29 heavy (non-hydrogen) atoms. The number of nitrogens with one attached hydrogen (secondary N) is 1. The smallest absolute Gasteiger partial charge is 0.256 e. The second kappa shape index (κ2) is 7.00. The second-order valence-corrected chi connectivity index (χ2v) is 8.34. The van der Waals surface area contributed by atoms with Crippen molar-refractivity contribution in [3.63, 3.8) is 0 Å². The Hall–Kier alpha value is -2.64. The van der Waals surface area contributed by atoms with Gasteiger partial charge in [-0.25, -0.2) is 0 Å². The predicted octanol–water partition coefficient (Wildman–Crippen LogP) is 2.14. The van der Waals surface area contributed by atoms with Crippen LogP contribution < -0.4 is 14.8 Å². The first-order chi connectivity index (χ1) is 14.1. The first kappa shape index (κ1) is 18.4. The SMILES string of the molecule is CN1C[C@@H](c2ccc3c(c2)OCO3)[C@]2(C1)NC(=S)N(CCc1ccccc1)C2=O. The standard InChI is InChI=1S/C22H23N3O3S/c1-24-12-17(16-7-8-18-19(11-16)28-14-27-18)22(13-24)20(26)25(21(29)23-22)10-9-15-5-3-2-4-6-15/h2-8,11,17H,9-10,12-14H2,1H3,(H,23,29)/t17-,22-/m0/s1. The fraction of sp³-hybridized carbons (Fsp3) is 0.364. The van der Waals surface area contributed by atoms with Crippen LogP contribution in [0.2, 0.25) is 0 Å². The number of likely N-dealkylation sites (N-methyl/N-ethyl adjacent to an activating group) is 1. The number of hydrogen-bond donors (Lipinski definition) is 1. The topological polar surface area (TPSA) is 54.0 Å². The van der Waals surface area contributed by atoms with E-state index in [0.29, 0.717) is 18.2 Å². The summed E-state index contributed by atoms with van der Waals surface area (Å²) in [4.78, 5) is 17.5. The Labute approximate surface area is 175 Å². The van der Waals surface area contributed by atoms with Crippen LogP contribution in [0.1, 0.15) is 17.0 Å². The first-order valence-electron chi connectivity index (χ1n) is 9.83. The lowest BCUT2D eigenvalue weighted by Gasteiger charge is -2.28. The van der Waals surface area contributed by atoms with E-state index in [1.54, 1.807) is 4.90 Å². The maximum absolute atomic E-state index is 13.6. The number of amides is 1. The maximum Gasteiger partial charge on any atom is 0.256 e. The van der Waals surface area contributed by atoms with Crippen LogP contribution in [0.5, 0.6) is 11.5 Å². The van der Waals surface area contributed by atoms with Crippen molar-refractivity contribution in [2.75, 3.05) is 33.5 Å². The van der Waals surface area contributed by atoms with E-state index < -0.39 is 5.54 Å². The molecule has 1 amide bonds. The van der Waals surface area contributed by atoms with Gasteiger partial charge in [0.05, 0.1) is 0 Å². The lowest BCUT2D eigenvalue weighted by Crippen LogP contribution is -2.52. The Morgan fingerprint density at radius 3 is 2.79 bits per heavy atom. The van der Waals surface area contributed by atoms with Gasteiger partial charge in [-0.3, -0.25) is 9.69 Å². The van der Waals surface area contributed by atoms with Crippen LogP contribution in [0.3, 0.4) is 0 Å². The zero-order valence-electron chi connectivity index (χ0n) is 16.3. The number of ether oxygens (including phenoxy) is 2. The lowest BCUT2D eigenvalue weighted by atomic mass is 9.81. The third-order valence-electron chi connectivity index (χ3n) is 6.08. The highest BCUT2D eigenvalue weighted by atomic mass is 32.1. The van der Waals surface area contributed by atoms with Crippen LogP contribution in [0, 0.1) is 0 Å². The van der Waals surface area contributed by atoms with Crippen LogP contribution in [0.15, 0.2) is 48.5 Å². The van der Waals surface area contributed by atoms with Crippen LogP contribution in [-0.2, 0) is 11.2 Å².